The van der Waals surface area contributed by atoms with Crippen LogP contribution in [-0.2, 0) is 4.74 Å². The molecule has 6 heteroatoms. The fourth-order valence-corrected chi connectivity index (χ4v) is 3.16. The van der Waals surface area contributed by atoms with E-state index in [9.17, 15) is 9.59 Å². The summed E-state index contributed by atoms with van der Waals surface area (Å²) in [7, 11) is 0. The SMILES string of the molecule is Cc1cc(S)c2c(c1)C(=O)N(CC#CCN1CCOCC1)C2=O. The van der Waals surface area contributed by atoms with Crippen molar-refractivity contribution < 1.29 is 14.3 Å². The van der Waals surface area contributed by atoms with Gasteiger partial charge in [0.1, 0.15) is 0 Å². The van der Waals surface area contributed by atoms with E-state index in [1.54, 1.807) is 12.1 Å². The lowest BCUT2D eigenvalue weighted by Gasteiger charge is -2.24. The zero-order chi connectivity index (χ0) is 16.4. The highest BCUT2D eigenvalue weighted by Crippen LogP contribution is 2.29. The quantitative estimate of drug-likeness (QED) is 0.503. The van der Waals surface area contributed by atoms with Crippen molar-refractivity contribution in [2.24, 2.45) is 0 Å². The molecule has 0 unspecified atom stereocenters. The molecule has 2 aliphatic rings. The third kappa shape index (κ3) is 3.27. The lowest BCUT2D eigenvalue weighted by Crippen LogP contribution is -2.36. The summed E-state index contributed by atoms with van der Waals surface area (Å²) in [6, 6.07) is 3.52. The first-order valence-electron chi connectivity index (χ1n) is 7.53. The van der Waals surface area contributed by atoms with Crippen molar-refractivity contribution >= 4 is 24.4 Å². The van der Waals surface area contributed by atoms with Crippen LogP contribution in [0.1, 0.15) is 26.3 Å². The van der Waals surface area contributed by atoms with Crippen molar-refractivity contribution in [3.8, 4) is 11.8 Å². The molecular weight excluding hydrogens is 312 g/mol. The number of aryl methyl sites for hydroxylation is 1. The van der Waals surface area contributed by atoms with E-state index in [-0.39, 0.29) is 18.4 Å². The molecule has 0 spiro atoms. The molecule has 2 heterocycles. The lowest BCUT2D eigenvalue weighted by atomic mass is 10.1. The maximum Gasteiger partial charge on any atom is 0.263 e. The van der Waals surface area contributed by atoms with E-state index in [1.807, 2.05) is 6.92 Å². The number of carbonyl (C=O) groups is 2. The van der Waals surface area contributed by atoms with Crippen LogP contribution >= 0.6 is 12.6 Å². The van der Waals surface area contributed by atoms with E-state index in [2.05, 4.69) is 29.4 Å². The predicted molar refractivity (Wildman–Crippen MR) is 88.8 cm³/mol. The third-order valence-corrected chi connectivity index (χ3v) is 4.32. The molecule has 1 saturated heterocycles. The Balaban J connectivity index is 1.67. The van der Waals surface area contributed by atoms with E-state index in [0.29, 0.717) is 22.6 Å². The summed E-state index contributed by atoms with van der Waals surface area (Å²) in [6.45, 7) is 5.80. The first-order chi connectivity index (χ1) is 11.1. The molecule has 0 atom stereocenters. The highest BCUT2D eigenvalue weighted by atomic mass is 32.1. The number of amides is 2. The Morgan fingerprint density at radius 3 is 2.57 bits per heavy atom. The smallest absolute Gasteiger partial charge is 0.263 e. The Bertz CT molecular complexity index is 715. The van der Waals surface area contributed by atoms with Gasteiger partial charge in [0, 0.05) is 18.0 Å². The van der Waals surface area contributed by atoms with Crippen molar-refractivity contribution in [3.05, 3.63) is 28.8 Å². The standard InChI is InChI=1S/C17H18N2O3S/c1-12-10-13-15(14(23)11-12)17(21)19(16(13)20)5-3-2-4-18-6-8-22-9-7-18/h10-11,23H,4-9H2,1H3. The molecule has 0 aliphatic carbocycles. The summed E-state index contributed by atoms with van der Waals surface area (Å²) in [5.41, 5.74) is 1.73. The number of rotatable bonds is 2. The van der Waals surface area contributed by atoms with E-state index in [0.717, 1.165) is 31.9 Å². The van der Waals surface area contributed by atoms with Crippen LogP contribution < -0.4 is 0 Å². The van der Waals surface area contributed by atoms with Crippen LogP contribution in [0, 0.1) is 18.8 Å². The van der Waals surface area contributed by atoms with E-state index < -0.39 is 0 Å². The van der Waals surface area contributed by atoms with Crippen LogP contribution in [0.3, 0.4) is 0 Å². The Morgan fingerprint density at radius 1 is 1.13 bits per heavy atom. The molecule has 0 bridgehead atoms. The molecule has 0 radical (unpaired) electrons. The van der Waals surface area contributed by atoms with Gasteiger partial charge in [-0.2, -0.15) is 0 Å². The molecule has 1 aromatic rings. The molecule has 120 valence electrons. The Morgan fingerprint density at radius 2 is 1.83 bits per heavy atom. The molecule has 0 aromatic heterocycles. The minimum atomic E-state index is -0.310. The summed E-state index contributed by atoms with van der Waals surface area (Å²) in [6.07, 6.45) is 0. The van der Waals surface area contributed by atoms with Gasteiger partial charge < -0.3 is 4.74 Å². The zero-order valence-corrected chi connectivity index (χ0v) is 13.9. The van der Waals surface area contributed by atoms with Gasteiger partial charge in [-0.3, -0.25) is 19.4 Å². The van der Waals surface area contributed by atoms with Gasteiger partial charge in [0.2, 0.25) is 0 Å². The normalized spacial score (nSPS) is 17.9. The first-order valence-corrected chi connectivity index (χ1v) is 7.98. The molecule has 0 saturated carbocycles. The van der Waals surface area contributed by atoms with Crippen molar-refractivity contribution in [2.45, 2.75) is 11.8 Å². The number of hydrogen-bond donors (Lipinski definition) is 1. The second-order valence-electron chi connectivity index (χ2n) is 5.65. The van der Waals surface area contributed by atoms with Crippen LogP contribution in [0.5, 0.6) is 0 Å². The molecule has 23 heavy (non-hydrogen) atoms. The number of carbonyl (C=O) groups excluding carboxylic acids is 2. The van der Waals surface area contributed by atoms with Crippen LogP contribution in [0.25, 0.3) is 0 Å². The topological polar surface area (TPSA) is 49.9 Å². The second kappa shape index (κ2) is 6.75. The minimum absolute atomic E-state index is 0.114. The number of ether oxygens (including phenoxy) is 1. The molecule has 0 N–H and O–H groups in total. The Hall–Kier alpha value is -1.81. The molecular formula is C17H18N2O3S. The van der Waals surface area contributed by atoms with Crippen LogP contribution in [0.15, 0.2) is 17.0 Å². The van der Waals surface area contributed by atoms with Gasteiger partial charge >= 0.3 is 0 Å². The van der Waals surface area contributed by atoms with Crippen LogP contribution in [-0.4, -0.2) is 61.0 Å². The van der Waals surface area contributed by atoms with Crippen LogP contribution in [0.2, 0.25) is 0 Å². The van der Waals surface area contributed by atoms with Crippen molar-refractivity contribution in [1.29, 1.82) is 0 Å². The minimum Gasteiger partial charge on any atom is -0.379 e. The van der Waals surface area contributed by atoms with Gasteiger partial charge in [-0.05, 0) is 24.6 Å². The number of morpholine rings is 1. The summed E-state index contributed by atoms with van der Waals surface area (Å²) >= 11 is 4.32. The van der Waals surface area contributed by atoms with E-state index in [4.69, 9.17) is 4.74 Å². The maximum absolute atomic E-state index is 12.4. The molecule has 1 aromatic carbocycles. The van der Waals surface area contributed by atoms with E-state index >= 15 is 0 Å². The average Bonchev–Trinajstić information content (AvgIpc) is 2.77. The molecule has 1 fully saturated rings. The highest BCUT2D eigenvalue weighted by molar-refractivity contribution is 7.80. The van der Waals surface area contributed by atoms with Gasteiger partial charge in [0.15, 0.2) is 0 Å². The van der Waals surface area contributed by atoms with Gasteiger partial charge in [0.25, 0.3) is 11.8 Å². The predicted octanol–water partition coefficient (Wildman–Crippen LogP) is 1.22. The van der Waals surface area contributed by atoms with Crippen LogP contribution in [0.4, 0.5) is 0 Å². The van der Waals surface area contributed by atoms with Gasteiger partial charge in [-0.25, -0.2) is 0 Å². The van der Waals surface area contributed by atoms with Gasteiger partial charge in [0.05, 0.1) is 37.4 Å². The number of thiol groups is 1. The fraction of sp³-hybridized carbons (Fsp3) is 0.412. The zero-order valence-electron chi connectivity index (χ0n) is 13.0. The van der Waals surface area contributed by atoms with Crippen molar-refractivity contribution in [2.75, 3.05) is 39.4 Å². The first kappa shape index (κ1) is 16.1. The maximum atomic E-state index is 12.4. The number of imide groups is 1. The molecule has 2 aliphatic heterocycles. The monoisotopic (exact) mass is 330 g/mol. The summed E-state index contributed by atoms with van der Waals surface area (Å²) < 4.78 is 5.28. The fourth-order valence-electron chi connectivity index (χ4n) is 2.74. The number of fused-ring (bicyclic) bond motifs is 1. The summed E-state index contributed by atoms with van der Waals surface area (Å²) in [5, 5.41) is 0. The van der Waals surface area contributed by atoms with E-state index in [1.165, 1.54) is 4.90 Å². The summed E-state index contributed by atoms with van der Waals surface area (Å²) in [4.78, 5) is 28.7. The molecule has 5 nitrogen and oxygen atoms in total. The molecule has 2 amide bonds. The Labute approximate surface area is 141 Å². The number of benzene rings is 1. The summed E-state index contributed by atoms with van der Waals surface area (Å²) in [5.74, 6) is 5.37. The number of hydrogen-bond acceptors (Lipinski definition) is 5. The second-order valence-corrected chi connectivity index (χ2v) is 6.13. The Kier molecular flexibility index (Phi) is 4.71. The highest BCUT2D eigenvalue weighted by Gasteiger charge is 2.36. The number of nitrogens with zero attached hydrogens (tertiary/aromatic N) is 2. The van der Waals surface area contributed by atoms with Gasteiger partial charge in [-0.1, -0.05) is 11.8 Å². The van der Waals surface area contributed by atoms with Crippen molar-refractivity contribution in [1.82, 2.24) is 9.80 Å². The largest absolute Gasteiger partial charge is 0.379 e. The lowest BCUT2D eigenvalue weighted by molar-refractivity contribution is 0.0443. The average molecular weight is 330 g/mol. The van der Waals surface area contributed by atoms with Crippen molar-refractivity contribution in [3.63, 3.8) is 0 Å². The third-order valence-electron chi connectivity index (χ3n) is 3.96. The molecule has 3 rings (SSSR count). The van der Waals surface area contributed by atoms with Gasteiger partial charge in [-0.15, -0.1) is 12.6 Å².